The van der Waals surface area contributed by atoms with Gasteiger partial charge in [0.15, 0.2) is 0 Å². The van der Waals surface area contributed by atoms with Crippen molar-refractivity contribution >= 4 is 8.25 Å². The molecule has 1 atom stereocenters. The molecule has 1 unspecified atom stereocenters. The van der Waals surface area contributed by atoms with Crippen molar-refractivity contribution in [1.82, 2.24) is 9.78 Å². The Bertz CT molecular complexity index is 787. The largest absolute Gasteiger partial charge is 0.565 e. The maximum Gasteiger partial charge on any atom is 0.521 e. The van der Waals surface area contributed by atoms with Crippen LogP contribution in [0.1, 0.15) is 39.9 Å². The lowest BCUT2D eigenvalue weighted by Gasteiger charge is -2.18. The Kier molecular flexibility index (Phi) is 9.57. The van der Waals surface area contributed by atoms with Crippen molar-refractivity contribution in [2.75, 3.05) is 0 Å². The first-order valence-corrected chi connectivity index (χ1v) is 9.44. The molecule has 0 aliphatic rings. The lowest BCUT2D eigenvalue weighted by molar-refractivity contribution is -0.244. The fourth-order valence-corrected chi connectivity index (χ4v) is 2.07. The van der Waals surface area contributed by atoms with Crippen molar-refractivity contribution in [3.63, 3.8) is 0 Å². The van der Waals surface area contributed by atoms with E-state index in [9.17, 15) is 8.78 Å². The van der Waals surface area contributed by atoms with Crippen molar-refractivity contribution in [2.45, 2.75) is 46.9 Å². The van der Waals surface area contributed by atoms with Crippen LogP contribution in [0.25, 0.3) is 0 Å². The molecule has 2 rings (SSSR count). The number of benzene rings is 1. The van der Waals surface area contributed by atoms with Crippen LogP contribution in [0.15, 0.2) is 24.3 Å². The van der Waals surface area contributed by atoms with E-state index in [1.165, 1.54) is 0 Å². The standard InChI is InChI=1S/C17H23F2N3O.HO4P.H2/c1-17(2,3)6-7-22-16(9-14(10-20)21-22)23-11-12-8-13(18)4-5-15(12)19;1-4-5(2)3;/h4-5,8-9H,6-7,10-11,20H2,1-3H3;1H;1H. The van der Waals surface area contributed by atoms with Crippen LogP contribution in [-0.4, -0.2) is 15.0 Å². The van der Waals surface area contributed by atoms with Gasteiger partial charge in [0.05, 0.1) is 5.69 Å². The van der Waals surface area contributed by atoms with Gasteiger partial charge in [-0.2, -0.15) is 5.10 Å². The third-order valence-electron chi connectivity index (χ3n) is 3.53. The molecule has 0 saturated carbocycles. The highest BCUT2D eigenvalue weighted by Gasteiger charge is 2.15. The van der Waals surface area contributed by atoms with Crippen LogP contribution in [-0.2, 0) is 28.9 Å². The fraction of sp³-hybridized carbons (Fsp3) is 0.471. The van der Waals surface area contributed by atoms with Crippen molar-refractivity contribution in [1.29, 1.82) is 0 Å². The van der Waals surface area contributed by atoms with Crippen LogP contribution in [0.2, 0.25) is 0 Å². The molecule has 1 aromatic heterocycles. The number of hydrogen-bond donors (Lipinski definition) is 2. The molecule has 0 saturated heterocycles. The molecule has 158 valence electrons. The fourth-order valence-electron chi connectivity index (χ4n) is 2.07. The van der Waals surface area contributed by atoms with Gasteiger partial charge in [-0.1, -0.05) is 20.8 Å². The minimum atomic E-state index is -3.04. The summed E-state index contributed by atoms with van der Waals surface area (Å²) in [5.74, 6) is -0.474. The molecular formula is C17H26F2N3O5P. The summed E-state index contributed by atoms with van der Waals surface area (Å²) in [5, 5.41) is 11.4. The molecule has 1 heterocycles. The van der Waals surface area contributed by atoms with Gasteiger partial charge in [0.25, 0.3) is 0 Å². The van der Waals surface area contributed by atoms with E-state index in [1.54, 1.807) is 10.7 Å². The van der Waals surface area contributed by atoms with Gasteiger partial charge >= 0.3 is 8.25 Å². The Morgan fingerprint density at radius 3 is 2.54 bits per heavy atom. The Morgan fingerprint density at radius 2 is 2.00 bits per heavy atom. The van der Waals surface area contributed by atoms with Gasteiger partial charge in [-0.25, -0.2) is 18.7 Å². The zero-order valence-corrected chi connectivity index (χ0v) is 16.8. The average molecular weight is 421 g/mol. The lowest BCUT2D eigenvalue weighted by Crippen LogP contribution is -2.13. The molecule has 8 nitrogen and oxygen atoms in total. The molecule has 0 amide bonds. The van der Waals surface area contributed by atoms with E-state index in [1.807, 2.05) is 0 Å². The summed E-state index contributed by atoms with van der Waals surface area (Å²) in [5.41, 5.74) is 6.65. The summed E-state index contributed by atoms with van der Waals surface area (Å²) in [6, 6.07) is 5.05. The average Bonchev–Trinajstić information content (AvgIpc) is 3.03. The van der Waals surface area contributed by atoms with Gasteiger partial charge < -0.3 is 15.4 Å². The molecule has 3 N–H and O–H groups in total. The number of nitrogens with two attached hydrogens (primary N) is 1. The minimum Gasteiger partial charge on any atom is -0.565 e. The second-order valence-electron chi connectivity index (χ2n) is 7.04. The first kappa shape index (κ1) is 24.1. The predicted octanol–water partition coefficient (Wildman–Crippen LogP) is 3.37. The minimum absolute atomic E-state index is 0. The topological polar surface area (TPSA) is 123 Å². The molecule has 28 heavy (non-hydrogen) atoms. The van der Waals surface area contributed by atoms with Crippen molar-refractivity contribution in [3.05, 3.63) is 47.2 Å². The van der Waals surface area contributed by atoms with E-state index in [0.29, 0.717) is 24.7 Å². The summed E-state index contributed by atoms with van der Waals surface area (Å²) in [6.07, 6.45) is 0.906. The number of hydrogen-bond acceptors (Lipinski definition) is 7. The highest BCUT2D eigenvalue weighted by Crippen LogP contribution is 2.23. The second-order valence-corrected chi connectivity index (χ2v) is 7.65. The Morgan fingerprint density at radius 1 is 1.36 bits per heavy atom. The Balaban J connectivity index is 0.00000117. The van der Waals surface area contributed by atoms with Crippen molar-refractivity contribution < 1.29 is 34.3 Å². The third kappa shape index (κ3) is 8.81. The highest BCUT2D eigenvalue weighted by molar-refractivity contribution is 7.30. The quantitative estimate of drug-likeness (QED) is 0.399. The van der Waals surface area contributed by atoms with E-state index in [2.05, 4.69) is 30.5 Å². The monoisotopic (exact) mass is 421 g/mol. The van der Waals surface area contributed by atoms with Crippen LogP contribution in [0.4, 0.5) is 8.78 Å². The van der Waals surface area contributed by atoms with Gasteiger partial charge in [-0.05, 0) is 34.6 Å². The summed E-state index contributed by atoms with van der Waals surface area (Å²) in [6.45, 7) is 7.33. The highest BCUT2D eigenvalue weighted by atomic mass is 31.1. The van der Waals surface area contributed by atoms with E-state index in [4.69, 9.17) is 25.2 Å². The molecule has 1 aromatic carbocycles. The maximum atomic E-state index is 13.7. The van der Waals surface area contributed by atoms with E-state index < -0.39 is 19.9 Å². The summed E-state index contributed by atoms with van der Waals surface area (Å²) in [4.78, 5) is 8.93. The maximum absolute atomic E-state index is 13.7. The number of nitrogens with zero attached hydrogens (tertiary/aromatic N) is 2. The zero-order valence-electron chi connectivity index (χ0n) is 15.9. The normalized spacial score (nSPS) is 11.6. The molecular weight excluding hydrogens is 395 g/mol. The van der Waals surface area contributed by atoms with Gasteiger partial charge in [0, 0.05) is 30.8 Å². The van der Waals surface area contributed by atoms with E-state index in [-0.39, 0.29) is 19.0 Å². The molecule has 0 spiro atoms. The van der Waals surface area contributed by atoms with Crippen molar-refractivity contribution in [2.24, 2.45) is 11.1 Å². The molecule has 11 heteroatoms. The SMILES string of the molecule is CC(C)(C)CCn1nc(CN)cc1OCc1cc(F)ccc1F.O=[P+]([O-])OO.[HH]. The van der Waals surface area contributed by atoms with Crippen LogP contribution in [0, 0.1) is 17.0 Å². The smallest absolute Gasteiger partial charge is 0.521 e. The molecule has 0 aliphatic heterocycles. The summed E-state index contributed by atoms with van der Waals surface area (Å²) < 4.78 is 45.9. The third-order valence-corrected chi connectivity index (χ3v) is 3.66. The number of rotatable bonds is 7. The van der Waals surface area contributed by atoms with Gasteiger partial charge in [0.2, 0.25) is 5.88 Å². The van der Waals surface area contributed by atoms with E-state index >= 15 is 0 Å². The summed E-state index contributed by atoms with van der Waals surface area (Å²) >= 11 is 0. The molecule has 2 aromatic rings. The zero-order chi connectivity index (χ0) is 21.3. The predicted molar refractivity (Wildman–Crippen MR) is 98.3 cm³/mol. The number of aryl methyl sites for hydroxylation is 1. The van der Waals surface area contributed by atoms with Gasteiger partial charge in [0.1, 0.15) is 18.2 Å². The molecule has 0 bridgehead atoms. The molecule has 0 fully saturated rings. The molecule has 0 aliphatic carbocycles. The summed E-state index contributed by atoms with van der Waals surface area (Å²) in [7, 11) is -3.04. The Labute approximate surface area is 164 Å². The lowest BCUT2D eigenvalue weighted by atomic mass is 9.92. The van der Waals surface area contributed by atoms with Crippen LogP contribution < -0.4 is 15.4 Å². The first-order valence-electron chi connectivity index (χ1n) is 8.35. The van der Waals surface area contributed by atoms with E-state index in [0.717, 1.165) is 24.6 Å². The Hall–Kier alpha value is -1.97. The van der Waals surface area contributed by atoms with Gasteiger partial charge in [-0.15, -0.1) is 0 Å². The van der Waals surface area contributed by atoms with Crippen molar-refractivity contribution in [3.8, 4) is 5.88 Å². The van der Waals surface area contributed by atoms with Crippen LogP contribution >= 0.6 is 8.25 Å². The number of halogens is 2. The van der Waals surface area contributed by atoms with Crippen LogP contribution in [0.5, 0.6) is 5.88 Å². The second kappa shape index (κ2) is 11.1. The number of ether oxygens (including phenoxy) is 1. The number of aromatic nitrogens is 2. The van der Waals surface area contributed by atoms with Crippen LogP contribution in [0.3, 0.4) is 0 Å². The first-order chi connectivity index (χ1) is 13.1. The molecule has 0 radical (unpaired) electrons. The van der Waals surface area contributed by atoms with Gasteiger partial charge in [-0.3, -0.25) is 0 Å².